The van der Waals surface area contributed by atoms with Crippen LogP contribution < -0.4 is 14.2 Å². The van der Waals surface area contributed by atoms with Crippen molar-refractivity contribution in [2.75, 3.05) is 38.0 Å². The minimum Gasteiger partial charge on any atom is -0.476 e. The van der Waals surface area contributed by atoms with Gasteiger partial charge in [-0.1, -0.05) is 6.92 Å². The summed E-state index contributed by atoms with van der Waals surface area (Å²) >= 11 is 0. The normalized spacial score (nSPS) is 14.3. The van der Waals surface area contributed by atoms with E-state index in [4.69, 9.17) is 14.6 Å². The number of nitriles is 1. The van der Waals surface area contributed by atoms with Gasteiger partial charge < -0.3 is 19.5 Å². The number of rotatable bonds is 9. The molecule has 2 heterocycles. The van der Waals surface area contributed by atoms with Gasteiger partial charge in [0.1, 0.15) is 17.4 Å². The van der Waals surface area contributed by atoms with Crippen LogP contribution in [0.15, 0.2) is 36.5 Å². The van der Waals surface area contributed by atoms with Crippen molar-refractivity contribution in [2.24, 2.45) is 5.92 Å². The maximum Gasteiger partial charge on any atom is 0.407 e. The summed E-state index contributed by atoms with van der Waals surface area (Å²) in [5, 5.41) is 18.8. The topological polar surface area (TPSA) is 158 Å². The van der Waals surface area contributed by atoms with Crippen molar-refractivity contribution < 1.29 is 32.2 Å². The minimum atomic E-state index is -3.96. The number of likely N-dealkylation sites (tertiary alicyclic amines) is 1. The lowest BCUT2D eigenvalue weighted by atomic mass is 9.98. The standard InChI is InChI=1S/C25H27FN6O6S/c1-3-31(2)39(35,36)30-20-7-5-19(26)24(18(20)13-27)38-17-4-6-21-22(12-17)29-23(14-28-21)37-15-16-8-10-32(11-9-16)25(33)34/h4-7,12,14,16,30H,3,8-11,15H2,1-2H3,(H,33,34). The van der Waals surface area contributed by atoms with Crippen LogP contribution in [0.25, 0.3) is 11.0 Å². The molecule has 39 heavy (non-hydrogen) atoms. The van der Waals surface area contributed by atoms with Gasteiger partial charge in [-0.2, -0.15) is 18.0 Å². The van der Waals surface area contributed by atoms with E-state index < -0.39 is 27.9 Å². The second-order valence-electron chi connectivity index (χ2n) is 8.92. The third-order valence-corrected chi connectivity index (χ3v) is 7.94. The molecule has 0 atom stereocenters. The minimum absolute atomic E-state index is 0.125. The first-order chi connectivity index (χ1) is 18.6. The highest BCUT2D eigenvalue weighted by molar-refractivity contribution is 7.90. The van der Waals surface area contributed by atoms with E-state index in [0.29, 0.717) is 43.6 Å². The van der Waals surface area contributed by atoms with Crippen molar-refractivity contribution >= 4 is 33.0 Å². The number of ether oxygens (including phenoxy) is 2. The number of carboxylic acid groups (broad SMARTS) is 1. The molecule has 206 valence electrons. The number of fused-ring (bicyclic) bond motifs is 1. The Hall–Kier alpha value is -4.22. The van der Waals surface area contributed by atoms with Crippen LogP contribution in [0.1, 0.15) is 25.3 Å². The molecule has 0 bridgehead atoms. The maximum atomic E-state index is 14.7. The van der Waals surface area contributed by atoms with Crippen molar-refractivity contribution in [3.8, 4) is 23.4 Å². The molecular weight excluding hydrogens is 531 g/mol. The summed E-state index contributed by atoms with van der Waals surface area (Å²) in [5.74, 6) is -0.696. The molecular formula is C25H27FN6O6S. The highest BCUT2D eigenvalue weighted by Gasteiger charge is 2.24. The summed E-state index contributed by atoms with van der Waals surface area (Å²) in [6.45, 7) is 3.10. The summed E-state index contributed by atoms with van der Waals surface area (Å²) in [6.07, 6.45) is 1.92. The van der Waals surface area contributed by atoms with Gasteiger partial charge in [0.2, 0.25) is 5.88 Å². The first kappa shape index (κ1) is 27.8. The molecule has 4 rings (SSSR count). The number of halogens is 1. The van der Waals surface area contributed by atoms with Gasteiger partial charge in [0, 0.05) is 32.7 Å². The molecule has 1 aliphatic rings. The number of anilines is 1. The number of carbonyl (C=O) groups is 1. The zero-order chi connectivity index (χ0) is 28.2. The number of hydrogen-bond donors (Lipinski definition) is 2. The lowest BCUT2D eigenvalue weighted by Gasteiger charge is -2.29. The Morgan fingerprint density at radius 3 is 2.69 bits per heavy atom. The highest BCUT2D eigenvalue weighted by atomic mass is 32.2. The lowest BCUT2D eigenvalue weighted by molar-refractivity contribution is 0.111. The first-order valence-corrected chi connectivity index (χ1v) is 13.6. The SMILES string of the molecule is CCN(C)S(=O)(=O)Nc1ccc(F)c(Oc2ccc3ncc(OCC4CCN(C(=O)O)CC4)nc3c2)c1C#N. The van der Waals surface area contributed by atoms with Crippen LogP contribution in [-0.4, -0.2) is 72.1 Å². The molecule has 2 N–H and O–H groups in total. The van der Waals surface area contributed by atoms with E-state index in [1.165, 1.54) is 30.3 Å². The van der Waals surface area contributed by atoms with E-state index in [1.807, 2.05) is 6.07 Å². The van der Waals surface area contributed by atoms with Crippen LogP contribution in [0, 0.1) is 23.1 Å². The number of amides is 1. The molecule has 0 spiro atoms. The molecule has 0 saturated carbocycles. The van der Waals surface area contributed by atoms with Gasteiger partial charge in [-0.3, -0.25) is 4.72 Å². The molecule has 0 aliphatic carbocycles. The molecule has 1 aromatic heterocycles. The predicted octanol–water partition coefficient (Wildman–Crippen LogP) is 3.81. The van der Waals surface area contributed by atoms with Crippen molar-refractivity contribution in [1.29, 1.82) is 5.26 Å². The summed E-state index contributed by atoms with van der Waals surface area (Å²) in [4.78, 5) is 21.2. The average Bonchev–Trinajstić information content (AvgIpc) is 2.93. The smallest absolute Gasteiger partial charge is 0.407 e. The monoisotopic (exact) mass is 558 g/mol. The van der Waals surface area contributed by atoms with E-state index in [1.54, 1.807) is 13.0 Å². The number of benzene rings is 2. The number of nitrogens with one attached hydrogen (secondary N) is 1. The molecule has 0 radical (unpaired) electrons. The summed E-state index contributed by atoms with van der Waals surface area (Å²) < 4.78 is 54.5. The number of aromatic nitrogens is 2. The van der Waals surface area contributed by atoms with E-state index in [2.05, 4.69) is 14.7 Å². The number of hydrogen-bond acceptors (Lipinski definition) is 8. The number of piperidine rings is 1. The van der Waals surface area contributed by atoms with E-state index in [-0.39, 0.29) is 35.3 Å². The van der Waals surface area contributed by atoms with Crippen molar-refractivity contribution in [2.45, 2.75) is 19.8 Å². The Bertz CT molecular complexity index is 1520. The van der Waals surface area contributed by atoms with E-state index in [9.17, 15) is 22.9 Å². The van der Waals surface area contributed by atoms with Crippen LogP contribution in [0.2, 0.25) is 0 Å². The van der Waals surface area contributed by atoms with E-state index in [0.717, 1.165) is 16.4 Å². The van der Waals surface area contributed by atoms with Crippen LogP contribution in [0.4, 0.5) is 14.9 Å². The highest BCUT2D eigenvalue weighted by Crippen LogP contribution is 2.34. The van der Waals surface area contributed by atoms with Crippen molar-refractivity contribution in [3.63, 3.8) is 0 Å². The van der Waals surface area contributed by atoms with Crippen molar-refractivity contribution in [1.82, 2.24) is 19.2 Å². The van der Waals surface area contributed by atoms with E-state index >= 15 is 0 Å². The van der Waals surface area contributed by atoms with Gasteiger partial charge in [0.05, 0.1) is 29.5 Å². The molecule has 14 heteroatoms. The Balaban J connectivity index is 1.52. The molecule has 1 saturated heterocycles. The number of nitrogens with zero attached hydrogens (tertiary/aromatic N) is 5. The average molecular weight is 559 g/mol. The third kappa shape index (κ3) is 6.44. The molecule has 1 aliphatic heterocycles. The predicted molar refractivity (Wildman–Crippen MR) is 139 cm³/mol. The molecule has 12 nitrogen and oxygen atoms in total. The van der Waals surface area contributed by atoms with Crippen LogP contribution in [-0.2, 0) is 10.2 Å². The van der Waals surface area contributed by atoms with Gasteiger partial charge in [0.25, 0.3) is 0 Å². The summed E-state index contributed by atoms with van der Waals surface area (Å²) in [6, 6.07) is 8.61. The van der Waals surface area contributed by atoms with Gasteiger partial charge in [-0.15, -0.1) is 0 Å². The Morgan fingerprint density at radius 1 is 1.28 bits per heavy atom. The van der Waals surface area contributed by atoms with Gasteiger partial charge in [0.15, 0.2) is 11.6 Å². The molecule has 1 fully saturated rings. The second kappa shape index (κ2) is 11.7. The van der Waals surface area contributed by atoms with Gasteiger partial charge in [-0.05, 0) is 43.0 Å². The zero-order valence-corrected chi connectivity index (χ0v) is 22.1. The van der Waals surface area contributed by atoms with Crippen molar-refractivity contribution in [3.05, 3.63) is 47.9 Å². The fraction of sp³-hybridized carbons (Fsp3) is 0.360. The fourth-order valence-corrected chi connectivity index (χ4v) is 4.90. The Morgan fingerprint density at radius 2 is 2.03 bits per heavy atom. The van der Waals surface area contributed by atoms with Crippen LogP contribution in [0.3, 0.4) is 0 Å². The third-order valence-electron chi connectivity index (χ3n) is 6.38. The van der Waals surface area contributed by atoms with Crippen LogP contribution >= 0.6 is 0 Å². The summed E-state index contributed by atoms with van der Waals surface area (Å²) in [5.41, 5.74) is 0.473. The maximum absolute atomic E-state index is 14.7. The Kier molecular flexibility index (Phi) is 8.32. The zero-order valence-electron chi connectivity index (χ0n) is 21.3. The fourth-order valence-electron chi connectivity index (χ4n) is 3.96. The molecule has 2 aromatic carbocycles. The quantitative estimate of drug-likeness (QED) is 0.398. The molecule has 1 amide bonds. The Labute approximate surface area is 224 Å². The van der Waals surface area contributed by atoms with Gasteiger partial charge in [-0.25, -0.2) is 19.2 Å². The molecule has 3 aromatic rings. The second-order valence-corrected chi connectivity index (χ2v) is 10.7. The lowest BCUT2D eigenvalue weighted by Crippen LogP contribution is -2.38. The summed E-state index contributed by atoms with van der Waals surface area (Å²) in [7, 11) is -2.59. The molecule has 0 unspecified atom stereocenters. The largest absolute Gasteiger partial charge is 0.476 e. The first-order valence-electron chi connectivity index (χ1n) is 12.1. The van der Waals surface area contributed by atoms with Crippen LogP contribution in [0.5, 0.6) is 17.4 Å². The van der Waals surface area contributed by atoms with Gasteiger partial charge >= 0.3 is 16.3 Å².